The van der Waals surface area contributed by atoms with Gasteiger partial charge in [-0.25, -0.2) is 4.79 Å². The van der Waals surface area contributed by atoms with E-state index in [2.05, 4.69) is 5.32 Å². The molecule has 3 N–H and O–H groups in total. The molecule has 0 radical (unpaired) electrons. The number of cyclic esters (lactones) is 1. The van der Waals surface area contributed by atoms with Crippen molar-refractivity contribution >= 4 is 11.8 Å². The Balaban J connectivity index is 1.83. The van der Waals surface area contributed by atoms with Gasteiger partial charge in [0.1, 0.15) is 12.4 Å². The second-order valence-corrected chi connectivity index (χ2v) is 3.29. The van der Waals surface area contributed by atoms with Gasteiger partial charge in [0, 0.05) is 5.69 Å². The summed E-state index contributed by atoms with van der Waals surface area (Å²) in [6, 6.07) is 7.07. The van der Waals surface area contributed by atoms with Crippen LogP contribution in [0.3, 0.4) is 0 Å². The molecule has 1 aliphatic rings. The zero-order valence-electron chi connectivity index (χ0n) is 8.10. The quantitative estimate of drug-likeness (QED) is 0.719. The van der Waals surface area contributed by atoms with Crippen molar-refractivity contribution in [2.75, 3.05) is 18.9 Å². The lowest BCUT2D eigenvalue weighted by molar-refractivity contribution is 0.105. The number of nitrogens with one attached hydrogen (secondary N) is 1. The van der Waals surface area contributed by atoms with Crippen LogP contribution in [0.4, 0.5) is 10.5 Å². The average molecular weight is 208 g/mol. The van der Waals surface area contributed by atoms with Gasteiger partial charge in [-0.15, -0.1) is 0 Å². The van der Waals surface area contributed by atoms with Crippen LogP contribution in [-0.4, -0.2) is 25.3 Å². The Hall–Kier alpha value is -1.91. The summed E-state index contributed by atoms with van der Waals surface area (Å²) in [5.74, 6) is 0.715. The van der Waals surface area contributed by atoms with Crippen molar-refractivity contribution in [3.63, 3.8) is 0 Å². The first kappa shape index (κ1) is 9.64. The topological polar surface area (TPSA) is 73.6 Å². The summed E-state index contributed by atoms with van der Waals surface area (Å²) < 4.78 is 10.3. The average Bonchev–Trinajstić information content (AvgIpc) is 2.64. The zero-order valence-corrected chi connectivity index (χ0v) is 8.10. The number of nitrogen functional groups attached to an aromatic ring is 1. The van der Waals surface area contributed by atoms with Crippen molar-refractivity contribution < 1.29 is 14.3 Å². The maximum atomic E-state index is 10.7. The van der Waals surface area contributed by atoms with E-state index in [0.29, 0.717) is 24.6 Å². The summed E-state index contributed by atoms with van der Waals surface area (Å²) in [5.41, 5.74) is 6.22. The lowest BCUT2D eigenvalue weighted by Gasteiger charge is -2.09. The second-order valence-electron chi connectivity index (χ2n) is 3.29. The fraction of sp³-hybridized carbons (Fsp3) is 0.300. The Morgan fingerprint density at radius 1 is 1.47 bits per heavy atom. The molecule has 1 saturated heterocycles. The van der Waals surface area contributed by atoms with Gasteiger partial charge in [0.05, 0.1) is 6.54 Å². The van der Waals surface area contributed by atoms with Crippen LogP contribution >= 0.6 is 0 Å². The van der Waals surface area contributed by atoms with Crippen LogP contribution in [0.15, 0.2) is 24.3 Å². The van der Waals surface area contributed by atoms with Gasteiger partial charge in [0.15, 0.2) is 6.10 Å². The molecule has 1 atom stereocenters. The van der Waals surface area contributed by atoms with Crippen LogP contribution in [0.25, 0.3) is 0 Å². The Labute approximate surface area is 87.2 Å². The van der Waals surface area contributed by atoms with Gasteiger partial charge < -0.3 is 20.5 Å². The van der Waals surface area contributed by atoms with E-state index < -0.39 is 0 Å². The summed E-state index contributed by atoms with van der Waals surface area (Å²) in [6.07, 6.45) is -0.601. The minimum Gasteiger partial charge on any atom is -0.490 e. The first-order valence-corrected chi connectivity index (χ1v) is 4.67. The van der Waals surface area contributed by atoms with Gasteiger partial charge in [-0.1, -0.05) is 0 Å². The molecule has 5 nitrogen and oxygen atoms in total. The summed E-state index contributed by atoms with van der Waals surface area (Å²) in [6.45, 7) is 0.844. The highest BCUT2D eigenvalue weighted by Gasteiger charge is 2.22. The number of carbonyl (C=O) groups is 1. The van der Waals surface area contributed by atoms with Gasteiger partial charge in [0.2, 0.25) is 0 Å². The number of hydrogen-bond acceptors (Lipinski definition) is 4. The molecule has 0 aliphatic carbocycles. The molecule has 1 fully saturated rings. The molecule has 80 valence electrons. The Bertz CT molecular complexity index is 350. The van der Waals surface area contributed by atoms with Crippen molar-refractivity contribution in [3.8, 4) is 5.75 Å². The van der Waals surface area contributed by atoms with Gasteiger partial charge in [-0.3, -0.25) is 0 Å². The Morgan fingerprint density at radius 3 is 2.80 bits per heavy atom. The summed E-state index contributed by atoms with van der Waals surface area (Å²) in [7, 11) is 0. The molecule has 0 spiro atoms. The number of benzene rings is 1. The third-order valence-corrected chi connectivity index (χ3v) is 2.06. The Morgan fingerprint density at radius 2 is 2.20 bits per heavy atom. The molecule has 2 rings (SSSR count). The molecule has 1 amide bonds. The fourth-order valence-electron chi connectivity index (χ4n) is 1.28. The van der Waals surface area contributed by atoms with Crippen LogP contribution in [0.5, 0.6) is 5.75 Å². The maximum absolute atomic E-state index is 10.7. The van der Waals surface area contributed by atoms with Crippen LogP contribution in [0.2, 0.25) is 0 Å². The van der Waals surface area contributed by atoms with E-state index in [1.165, 1.54) is 0 Å². The van der Waals surface area contributed by atoms with Crippen LogP contribution in [0, 0.1) is 0 Å². The minimum atomic E-state index is -0.388. The molecule has 0 saturated carbocycles. The predicted octanol–water partition coefficient (Wildman–Crippen LogP) is 0.756. The first-order chi connectivity index (χ1) is 7.24. The first-order valence-electron chi connectivity index (χ1n) is 4.67. The number of amides is 1. The number of rotatable bonds is 3. The maximum Gasteiger partial charge on any atom is 0.407 e. The third-order valence-electron chi connectivity index (χ3n) is 2.06. The molecule has 5 heteroatoms. The predicted molar refractivity (Wildman–Crippen MR) is 54.6 cm³/mol. The normalized spacial score (nSPS) is 19.5. The highest BCUT2D eigenvalue weighted by atomic mass is 16.6. The second kappa shape index (κ2) is 4.08. The van der Waals surface area contributed by atoms with E-state index in [1.54, 1.807) is 24.3 Å². The molecule has 1 aromatic carbocycles. The van der Waals surface area contributed by atoms with Gasteiger partial charge >= 0.3 is 6.09 Å². The number of anilines is 1. The molecule has 0 aromatic heterocycles. The monoisotopic (exact) mass is 208 g/mol. The SMILES string of the molecule is Nc1ccc(OCC2CNC(=O)O2)cc1. The van der Waals surface area contributed by atoms with E-state index in [4.69, 9.17) is 15.2 Å². The van der Waals surface area contributed by atoms with Gasteiger partial charge in [-0.2, -0.15) is 0 Å². The third kappa shape index (κ3) is 2.52. The zero-order chi connectivity index (χ0) is 10.7. The van der Waals surface area contributed by atoms with E-state index in [1.807, 2.05) is 0 Å². The lowest BCUT2D eigenvalue weighted by atomic mass is 10.3. The van der Waals surface area contributed by atoms with Crippen LogP contribution in [0.1, 0.15) is 0 Å². The highest BCUT2D eigenvalue weighted by molar-refractivity contribution is 5.69. The van der Waals surface area contributed by atoms with Crippen LogP contribution in [-0.2, 0) is 4.74 Å². The van der Waals surface area contributed by atoms with E-state index in [9.17, 15) is 4.79 Å². The van der Waals surface area contributed by atoms with E-state index in [-0.39, 0.29) is 12.2 Å². The van der Waals surface area contributed by atoms with Crippen molar-refractivity contribution in [1.29, 1.82) is 0 Å². The minimum absolute atomic E-state index is 0.213. The molecule has 1 aromatic rings. The number of ether oxygens (including phenoxy) is 2. The molecule has 1 aliphatic heterocycles. The standard InChI is InChI=1S/C10H12N2O3/c11-7-1-3-8(4-2-7)14-6-9-5-12-10(13)15-9/h1-4,9H,5-6,11H2,(H,12,13). The number of hydrogen-bond donors (Lipinski definition) is 2. The summed E-state index contributed by atoms with van der Waals surface area (Å²) in [4.78, 5) is 10.7. The number of alkyl carbamates (subject to hydrolysis) is 1. The van der Waals surface area contributed by atoms with Gasteiger partial charge in [-0.05, 0) is 24.3 Å². The lowest BCUT2D eigenvalue weighted by Crippen LogP contribution is -2.21. The van der Waals surface area contributed by atoms with Crippen molar-refractivity contribution in [2.24, 2.45) is 0 Å². The van der Waals surface area contributed by atoms with Crippen molar-refractivity contribution in [1.82, 2.24) is 5.32 Å². The van der Waals surface area contributed by atoms with E-state index in [0.717, 1.165) is 0 Å². The molecular formula is C10H12N2O3. The smallest absolute Gasteiger partial charge is 0.407 e. The highest BCUT2D eigenvalue weighted by Crippen LogP contribution is 2.14. The molecule has 1 heterocycles. The Kier molecular flexibility index (Phi) is 2.62. The van der Waals surface area contributed by atoms with Crippen LogP contribution < -0.4 is 15.8 Å². The summed E-state index contributed by atoms with van der Waals surface area (Å²) >= 11 is 0. The number of carbonyl (C=O) groups excluding carboxylic acids is 1. The molecule has 1 unspecified atom stereocenters. The van der Waals surface area contributed by atoms with Gasteiger partial charge in [0.25, 0.3) is 0 Å². The molecule has 0 bridgehead atoms. The fourth-order valence-corrected chi connectivity index (χ4v) is 1.28. The largest absolute Gasteiger partial charge is 0.490 e. The number of nitrogens with two attached hydrogens (primary N) is 1. The van der Waals surface area contributed by atoms with Crippen molar-refractivity contribution in [2.45, 2.75) is 6.10 Å². The summed E-state index contributed by atoms with van der Waals surface area (Å²) in [5, 5.41) is 2.55. The molecule has 15 heavy (non-hydrogen) atoms. The molecular weight excluding hydrogens is 196 g/mol. The van der Waals surface area contributed by atoms with E-state index >= 15 is 0 Å². The van der Waals surface area contributed by atoms with Crippen molar-refractivity contribution in [3.05, 3.63) is 24.3 Å².